The zero-order chi connectivity index (χ0) is 17.3. The third-order valence-electron chi connectivity index (χ3n) is 4.97. The van der Waals surface area contributed by atoms with Crippen LogP contribution in [0.5, 0.6) is 0 Å². The molecule has 1 aliphatic heterocycles. The van der Waals surface area contributed by atoms with E-state index in [9.17, 15) is 23.1 Å². The molecule has 1 unspecified atom stereocenters. The molecule has 1 aliphatic carbocycles. The molecule has 0 spiro atoms. The first kappa shape index (κ1) is 17.0. The molecule has 1 aromatic carbocycles. The van der Waals surface area contributed by atoms with Crippen LogP contribution in [0.25, 0.3) is 0 Å². The van der Waals surface area contributed by atoms with Crippen molar-refractivity contribution in [3.63, 3.8) is 0 Å². The van der Waals surface area contributed by atoms with E-state index in [4.69, 9.17) is 0 Å². The number of rotatable bonds is 4. The average molecular weight is 351 g/mol. The Bertz CT molecular complexity index is 735. The highest BCUT2D eigenvalue weighted by molar-refractivity contribution is 7.92. The smallest absolute Gasteiger partial charge is 0.326 e. The first-order valence-corrected chi connectivity index (χ1v) is 9.83. The van der Waals surface area contributed by atoms with Gasteiger partial charge in [0, 0.05) is 12.1 Å². The summed E-state index contributed by atoms with van der Waals surface area (Å²) in [5.74, 6) is -1.36. The van der Waals surface area contributed by atoms with Crippen LogP contribution in [0.3, 0.4) is 0 Å². The molecular formula is C17H21NO5S. The van der Waals surface area contributed by atoms with Gasteiger partial charge in [0.25, 0.3) is 5.91 Å². The van der Waals surface area contributed by atoms with Crippen LogP contribution < -0.4 is 0 Å². The minimum atomic E-state index is -3.34. The van der Waals surface area contributed by atoms with Crippen molar-refractivity contribution in [3.8, 4) is 0 Å². The van der Waals surface area contributed by atoms with Crippen LogP contribution in [0.4, 0.5) is 0 Å². The van der Waals surface area contributed by atoms with Gasteiger partial charge in [-0.2, -0.15) is 0 Å². The summed E-state index contributed by atoms with van der Waals surface area (Å²) in [6, 6.07) is 5.11. The van der Waals surface area contributed by atoms with Crippen molar-refractivity contribution in [2.75, 3.05) is 6.54 Å². The van der Waals surface area contributed by atoms with Crippen molar-refractivity contribution in [2.24, 2.45) is 0 Å². The molecule has 7 heteroatoms. The number of aliphatic carboxylic acids is 1. The summed E-state index contributed by atoms with van der Waals surface area (Å²) in [7, 11) is -3.34. The summed E-state index contributed by atoms with van der Waals surface area (Å²) in [4.78, 5) is 25.3. The van der Waals surface area contributed by atoms with E-state index >= 15 is 0 Å². The first-order valence-electron chi connectivity index (χ1n) is 8.29. The predicted molar refractivity (Wildman–Crippen MR) is 87.6 cm³/mol. The van der Waals surface area contributed by atoms with E-state index in [2.05, 4.69) is 0 Å². The number of sulfone groups is 1. The molecule has 6 nitrogen and oxygen atoms in total. The molecule has 1 aromatic rings. The fraction of sp³-hybridized carbons (Fsp3) is 0.529. The van der Waals surface area contributed by atoms with Gasteiger partial charge in [0.15, 0.2) is 9.84 Å². The van der Waals surface area contributed by atoms with Gasteiger partial charge in [0.1, 0.15) is 6.04 Å². The van der Waals surface area contributed by atoms with E-state index in [1.807, 2.05) is 0 Å². The Morgan fingerprint density at radius 3 is 2.21 bits per heavy atom. The van der Waals surface area contributed by atoms with Gasteiger partial charge in [-0.05, 0) is 49.9 Å². The number of amides is 1. The Kier molecular flexibility index (Phi) is 4.62. The van der Waals surface area contributed by atoms with Crippen molar-refractivity contribution in [3.05, 3.63) is 29.8 Å². The number of hydrogen-bond acceptors (Lipinski definition) is 4. The number of hydrogen-bond donors (Lipinski definition) is 1. The van der Waals surface area contributed by atoms with E-state index in [-0.39, 0.29) is 16.1 Å². The second-order valence-electron chi connectivity index (χ2n) is 6.47. The zero-order valence-corrected chi connectivity index (χ0v) is 14.2. The normalized spacial score (nSPS) is 22.0. The molecule has 3 rings (SSSR count). The summed E-state index contributed by atoms with van der Waals surface area (Å²) in [5.41, 5.74) is 0.327. The third kappa shape index (κ3) is 3.05. The van der Waals surface area contributed by atoms with Crippen LogP contribution in [0.2, 0.25) is 0 Å². The lowest BCUT2D eigenvalue weighted by Crippen LogP contribution is -2.40. The number of carbonyl (C=O) groups is 2. The van der Waals surface area contributed by atoms with E-state index in [1.54, 1.807) is 0 Å². The van der Waals surface area contributed by atoms with Crippen molar-refractivity contribution in [1.82, 2.24) is 4.90 Å². The molecule has 1 atom stereocenters. The van der Waals surface area contributed by atoms with Gasteiger partial charge in [-0.3, -0.25) is 4.79 Å². The topological polar surface area (TPSA) is 91.8 Å². The lowest BCUT2D eigenvalue weighted by atomic mass is 10.1. The van der Waals surface area contributed by atoms with Gasteiger partial charge >= 0.3 is 5.97 Å². The largest absolute Gasteiger partial charge is 0.480 e. The summed E-state index contributed by atoms with van der Waals surface area (Å²) in [5, 5.41) is 8.85. The van der Waals surface area contributed by atoms with Crippen molar-refractivity contribution in [2.45, 2.75) is 54.7 Å². The van der Waals surface area contributed by atoms with Crippen molar-refractivity contribution >= 4 is 21.7 Å². The van der Waals surface area contributed by atoms with Crippen LogP contribution >= 0.6 is 0 Å². The molecule has 2 aliphatic rings. The lowest BCUT2D eigenvalue weighted by Gasteiger charge is -2.21. The Labute approximate surface area is 141 Å². The number of benzene rings is 1. The maximum atomic E-state index is 12.5. The molecule has 0 bridgehead atoms. The number of carboxylic acids is 1. The summed E-state index contributed by atoms with van der Waals surface area (Å²) < 4.78 is 25.1. The predicted octanol–water partition coefficient (Wildman–Crippen LogP) is 2.09. The van der Waals surface area contributed by atoms with Gasteiger partial charge in [-0.25, -0.2) is 13.2 Å². The highest BCUT2D eigenvalue weighted by Gasteiger charge is 2.35. The molecule has 24 heavy (non-hydrogen) atoms. The number of carbonyl (C=O) groups excluding carboxylic acids is 1. The Morgan fingerprint density at radius 2 is 1.62 bits per heavy atom. The number of nitrogens with zero attached hydrogens (tertiary/aromatic N) is 1. The van der Waals surface area contributed by atoms with Crippen LogP contribution in [0.1, 0.15) is 48.9 Å². The molecule has 0 aromatic heterocycles. The molecule has 1 saturated heterocycles. The fourth-order valence-electron chi connectivity index (χ4n) is 3.61. The summed E-state index contributed by atoms with van der Waals surface area (Å²) >= 11 is 0. The van der Waals surface area contributed by atoms with Gasteiger partial charge in [0.05, 0.1) is 10.1 Å². The van der Waals surface area contributed by atoms with Gasteiger partial charge in [-0.15, -0.1) is 0 Å². The minimum Gasteiger partial charge on any atom is -0.480 e. The van der Waals surface area contributed by atoms with Crippen molar-refractivity contribution in [1.29, 1.82) is 0 Å². The fourth-order valence-corrected chi connectivity index (χ4v) is 5.46. The second-order valence-corrected chi connectivity index (χ2v) is 8.70. The highest BCUT2D eigenvalue weighted by atomic mass is 32.2. The van der Waals surface area contributed by atoms with Crippen LogP contribution in [0, 0.1) is 0 Å². The Morgan fingerprint density at radius 1 is 1.00 bits per heavy atom. The first-order chi connectivity index (χ1) is 11.4. The van der Waals surface area contributed by atoms with Gasteiger partial charge in [-0.1, -0.05) is 12.8 Å². The van der Waals surface area contributed by atoms with E-state index in [0.29, 0.717) is 37.8 Å². The van der Waals surface area contributed by atoms with E-state index < -0.39 is 21.8 Å². The molecule has 130 valence electrons. The van der Waals surface area contributed by atoms with Crippen LogP contribution in [0.15, 0.2) is 29.2 Å². The Hall–Kier alpha value is -1.89. The molecule has 0 radical (unpaired) electrons. The maximum absolute atomic E-state index is 12.5. The monoisotopic (exact) mass is 351 g/mol. The second kappa shape index (κ2) is 6.55. The van der Waals surface area contributed by atoms with Crippen LogP contribution in [-0.2, 0) is 14.6 Å². The SMILES string of the molecule is O=C(O)C1CCCN1C(=O)c1ccc(S(=O)(=O)C2CCCC2)cc1. The molecule has 2 fully saturated rings. The highest BCUT2D eigenvalue weighted by Crippen LogP contribution is 2.30. The average Bonchev–Trinajstić information content (AvgIpc) is 3.25. The quantitative estimate of drug-likeness (QED) is 0.897. The molecule has 1 saturated carbocycles. The van der Waals surface area contributed by atoms with Gasteiger partial charge < -0.3 is 10.0 Å². The molecular weight excluding hydrogens is 330 g/mol. The summed E-state index contributed by atoms with van der Waals surface area (Å²) in [6.07, 6.45) is 4.37. The van der Waals surface area contributed by atoms with E-state index in [1.165, 1.54) is 29.2 Å². The van der Waals surface area contributed by atoms with E-state index in [0.717, 1.165) is 12.8 Å². The summed E-state index contributed by atoms with van der Waals surface area (Å²) in [6.45, 7) is 0.415. The molecule has 1 N–H and O–H groups in total. The maximum Gasteiger partial charge on any atom is 0.326 e. The van der Waals surface area contributed by atoms with Crippen molar-refractivity contribution < 1.29 is 23.1 Å². The van der Waals surface area contributed by atoms with Gasteiger partial charge in [0.2, 0.25) is 0 Å². The molecule has 1 heterocycles. The Balaban J connectivity index is 1.79. The molecule has 1 amide bonds. The zero-order valence-electron chi connectivity index (χ0n) is 13.3. The standard InChI is InChI=1S/C17H21NO5S/c19-16(18-11-3-6-15(18)17(20)21)12-7-9-14(10-8-12)24(22,23)13-4-1-2-5-13/h7-10,13,15H,1-6,11H2,(H,20,21). The third-order valence-corrected chi connectivity index (χ3v) is 7.25. The number of likely N-dealkylation sites (tertiary alicyclic amines) is 1. The minimum absolute atomic E-state index is 0.238. The van der Waals surface area contributed by atoms with Crippen LogP contribution in [-0.4, -0.2) is 48.1 Å². The number of carboxylic acid groups (broad SMARTS) is 1. The lowest BCUT2D eigenvalue weighted by molar-refractivity contribution is -0.141.